The van der Waals surface area contributed by atoms with Gasteiger partial charge in [0.05, 0.1) is 16.9 Å². The molecule has 0 spiro atoms. The summed E-state index contributed by atoms with van der Waals surface area (Å²) in [7, 11) is 3.87. The second-order valence-electron chi connectivity index (χ2n) is 8.99. The second-order valence-corrected chi connectivity index (χ2v) is 9.40. The van der Waals surface area contributed by atoms with Gasteiger partial charge in [-0.3, -0.25) is 9.59 Å². The molecule has 1 fully saturated rings. The van der Waals surface area contributed by atoms with Gasteiger partial charge in [-0.05, 0) is 63.2 Å². The van der Waals surface area contributed by atoms with Crippen LogP contribution in [0.5, 0.6) is 0 Å². The van der Waals surface area contributed by atoms with Crippen LogP contribution >= 0.6 is 11.6 Å². The van der Waals surface area contributed by atoms with E-state index in [1.165, 1.54) is 6.08 Å². The summed E-state index contributed by atoms with van der Waals surface area (Å²) in [6.07, 6.45) is 9.61. The van der Waals surface area contributed by atoms with Gasteiger partial charge in [-0.2, -0.15) is 0 Å². The molecule has 36 heavy (non-hydrogen) atoms. The number of aromatic nitrogens is 2. The molecule has 2 N–H and O–H groups in total. The number of halogens is 1. The van der Waals surface area contributed by atoms with E-state index in [4.69, 9.17) is 11.6 Å². The molecular weight excluding hydrogens is 476 g/mol. The maximum atomic E-state index is 13.0. The van der Waals surface area contributed by atoms with Crippen molar-refractivity contribution in [2.24, 2.45) is 0 Å². The number of nitrogens with one attached hydrogen (secondary N) is 2. The van der Waals surface area contributed by atoms with Crippen molar-refractivity contribution in [3.05, 3.63) is 65.0 Å². The van der Waals surface area contributed by atoms with Crippen molar-refractivity contribution in [1.82, 2.24) is 19.8 Å². The molecule has 1 aromatic carbocycles. The molecule has 8 nitrogen and oxygen atoms in total. The van der Waals surface area contributed by atoms with Crippen LogP contribution in [0.1, 0.15) is 49.2 Å². The first kappa shape index (κ1) is 27.4. The Kier molecular flexibility index (Phi) is 10.0. The van der Waals surface area contributed by atoms with Gasteiger partial charge in [-0.25, -0.2) is 9.97 Å². The van der Waals surface area contributed by atoms with E-state index in [-0.39, 0.29) is 17.9 Å². The van der Waals surface area contributed by atoms with Gasteiger partial charge in [-0.1, -0.05) is 37.6 Å². The molecule has 1 aromatic heterocycles. The van der Waals surface area contributed by atoms with Crippen molar-refractivity contribution in [2.45, 2.75) is 39.2 Å². The fourth-order valence-electron chi connectivity index (χ4n) is 4.00. The van der Waals surface area contributed by atoms with E-state index in [1.807, 2.05) is 23.9 Å². The van der Waals surface area contributed by atoms with E-state index >= 15 is 0 Å². The quantitative estimate of drug-likeness (QED) is 0.450. The summed E-state index contributed by atoms with van der Waals surface area (Å²) in [4.78, 5) is 37.8. The second kappa shape index (κ2) is 13.2. The van der Waals surface area contributed by atoms with E-state index in [2.05, 4.69) is 40.5 Å². The lowest BCUT2D eigenvalue weighted by Crippen LogP contribution is -2.31. The van der Waals surface area contributed by atoms with Gasteiger partial charge in [0.15, 0.2) is 0 Å². The fraction of sp³-hybridized carbons (Fsp3) is 0.407. The lowest BCUT2D eigenvalue weighted by molar-refractivity contribution is -0.111. The van der Waals surface area contributed by atoms with Crippen LogP contribution in [0.15, 0.2) is 48.7 Å². The lowest BCUT2D eigenvalue weighted by atomic mass is 10.1. The zero-order valence-electron chi connectivity index (χ0n) is 21.4. The predicted molar refractivity (Wildman–Crippen MR) is 146 cm³/mol. The number of nitrogens with zero attached hydrogens (tertiary/aromatic N) is 4. The molecule has 1 aliphatic heterocycles. The number of benzene rings is 1. The van der Waals surface area contributed by atoms with Crippen molar-refractivity contribution < 1.29 is 9.59 Å². The first-order chi connectivity index (χ1) is 17.3. The number of carbonyl (C=O) groups excluding carboxylic acids is 2. The maximum absolute atomic E-state index is 13.0. The van der Waals surface area contributed by atoms with E-state index in [0.717, 1.165) is 30.5 Å². The molecule has 1 atom stereocenters. The van der Waals surface area contributed by atoms with Gasteiger partial charge in [0.25, 0.3) is 5.91 Å². The van der Waals surface area contributed by atoms with Crippen LogP contribution in [0, 0.1) is 0 Å². The molecule has 2 aromatic rings. The number of anilines is 2. The highest BCUT2D eigenvalue weighted by Crippen LogP contribution is 2.26. The number of hydrogen-bond acceptors (Lipinski definition) is 6. The standard InChI is InChI=1S/C27H35ClN6O2/c1-5-8-19(6-2)25-23(28)17-29-27(32-25)31-22-14-16-34(18-22)26(36)20-10-12-21(13-11-20)30-24(35)9-7-15-33(3)4/h7-13,17,22H,5-6,14-16,18H2,1-4H3,(H,30,35)(H,29,31,32). The number of rotatable bonds is 10. The third-order valence-corrected chi connectivity index (χ3v) is 6.10. The van der Waals surface area contributed by atoms with Gasteiger partial charge in [0.2, 0.25) is 11.9 Å². The summed E-state index contributed by atoms with van der Waals surface area (Å²) in [6, 6.07) is 7.02. The summed E-state index contributed by atoms with van der Waals surface area (Å²) >= 11 is 6.35. The molecule has 1 unspecified atom stereocenters. The number of allylic oxidation sites excluding steroid dienone is 2. The van der Waals surface area contributed by atoms with Crippen LogP contribution in [-0.4, -0.2) is 71.4 Å². The number of hydrogen-bond donors (Lipinski definition) is 2. The zero-order valence-corrected chi connectivity index (χ0v) is 22.2. The lowest BCUT2D eigenvalue weighted by Gasteiger charge is -2.18. The van der Waals surface area contributed by atoms with Gasteiger partial charge in [0, 0.05) is 43.0 Å². The number of likely N-dealkylation sites (tertiary alicyclic amines) is 1. The van der Waals surface area contributed by atoms with E-state index in [9.17, 15) is 9.59 Å². The molecule has 192 valence electrons. The molecule has 1 saturated heterocycles. The first-order valence-electron chi connectivity index (χ1n) is 12.3. The molecule has 2 heterocycles. The Bertz CT molecular complexity index is 1110. The van der Waals surface area contributed by atoms with Crippen molar-refractivity contribution in [1.29, 1.82) is 0 Å². The Morgan fingerprint density at radius 1 is 1.22 bits per heavy atom. The van der Waals surface area contributed by atoms with Crippen LogP contribution in [0.25, 0.3) is 5.57 Å². The Morgan fingerprint density at radius 3 is 2.64 bits per heavy atom. The highest BCUT2D eigenvalue weighted by molar-refractivity contribution is 6.32. The average Bonchev–Trinajstić information content (AvgIpc) is 3.32. The van der Waals surface area contributed by atoms with Gasteiger partial charge in [-0.15, -0.1) is 0 Å². The topological polar surface area (TPSA) is 90.5 Å². The first-order valence-corrected chi connectivity index (χ1v) is 12.7. The van der Waals surface area contributed by atoms with Gasteiger partial charge < -0.3 is 20.4 Å². The highest BCUT2D eigenvalue weighted by atomic mass is 35.5. The predicted octanol–water partition coefficient (Wildman–Crippen LogP) is 4.72. The molecule has 0 aliphatic carbocycles. The molecule has 0 saturated carbocycles. The largest absolute Gasteiger partial charge is 0.350 e. The van der Waals surface area contributed by atoms with E-state index < -0.39 is 0 Å². The van der Waals surface area contributed by atoms with Gasteiger partial charge in [0.1, 0.15) is 0 Å². The molecule has 0 bridgehead atoms. The summed E-state index contributed by atoms with van der Waals surface area (Å²) in [5.74, 6) is 0.275. The number of amides is 2. The van der Waals surface area contributed by atoms with E-state index in [0.29, 0.717) is 41.9 Å². The fourth-order valence-corrected chi connectivity index (χ4v) is 4.21. The maximum Gasteiger partial charge on any atom is 0.253 e. The van der Waals surface area contributed by atoms with Crippen LogP contribution < -0.4 is 10.6 Å². The van der Waals surface area contributed by atoms with Crippen molar-refractivity contribution in [3.8, 4) is 0 Å². The summed E-state index contributed by atoms with van der Waals surface area (Å²) in [5, 5.41) is 6.71. The normalized spacial score (nSPS) is 16.1. The Labute approximate surface area is 218 Å². The minimum absolute atomic E-state index is 0.0417. The SMILES string of the molecule is CCC=C(CC)c1nc(NC2CCN(C(=O)c3ccc(NC(=O)C=CCN(C)C)cc3)C2)ncc1Cl. The molecule has 2 amide bonds. The van der Waals surface area contributed by atoms with Crippen molar-refractivity contribution >= 4 is 40.6 Å². The Hall–Kier alpha value is -3.23. The van der Waals surface area contributed by atoms with Crippen LogP contribution in [0.3, 0.4) is 0 Å². The average molecular weight is 511 g/mol. The van der Waals surface area contributed by atoms with Crippen LogP contribution in [-0.2, 0) is 4.79 Å². The monoisotopic (exact) mass is 510 g/mol. The minimum atomic E-state index is -0.201. The Morgan fingerprint density at radius 2 is 1.97 bits per heavy atom. The van der Waals surface area contributed by atoms with Crippen molar-refractivity contribution in [2.75, 3.05) is 44.4 Å². The summed E-state index contributed by atoms with van der Waals surface area (Å²) in [6.45, 7) is 6.05. The summed E-state index contributed by atoms with van der Waals surface area (Å²) < 4.78 is 0. The van der Waals surface area contributed by atoms with Gasteiger partial charge >= 0.3 is 0 Å². The number of likely N-dealkylation sites (N-methyl/N-ethyl adjacent to an activating group) is 1. The third kappa shape index (κ3) is 7.63. The van der Waals surface area contributed by atoms with Crippen LogP contribution in [0.4, 0.5) is 11.6 Å². The minimum Gasteiger partial charge on any atom is -0.350 e. The molecule has 9 heteroatoms. The molecule has 3 rings (SSSR count). The van der Waals surface area contributed by atoms with Crippen molar-refractivity contribution in [3.63, 3.8) is 0 Å². The van der Waals surface area contributed by atoms with Crippen LogP contribution in [0.2, 0.25) is 5.02 Å². The summed E-state index contributed by atoms with van der Waals surface area (Å²) in [5.41, 5.74) is 3.08. The number of carbonyl (C=O) groups is 2. The highest BCUT2D eigenvalue weighted by Gasteiger charge is 2.27. The molecular formula is C27H35ClN6O2. The molecule has 0 radical (unpaired) electrons. The zero-order chi connectivity index (χ0) is 26.1. The van der Waals surface area contributed by atoms with E-state index in [1.54, 1.807) is 36.5 Å². The third-order valence-electron chi connectivity index (χ3n) is 5.83. The molecule has 1 aliphatic rings. The Balaban J connectivity index is 1.57. The smallest absolute Gasteiger partial charge is 0.253 e.